The fraction of sp³-hybridized carbons (Fsp3) is 1.00. The normalized spacial score (nSPS) is 35.2. The summed E-state index contributed by atoms with van der Waals surface area (Å²) in [5.41, 5.74) is -1.18. The highest BCUT2D eigenvalue weighted by atomic mass is 19.3. The first-order chi connectivity index (χ1) is 5.37. The minimum atomic E-state index is -2.68. The molecular formula is C8H15F2NO. The molecule has 0 saturated heterocycles. The lowest BCUT2D eigenvalue weighted by Crippen LogP contribution is -2.39. The first kappa shape index (κ1) is 9.86. The maximum absolute atomic E-state index is 12.9. The van der Waals surface area contributed by atoms with Crippen LogP contribution in [0.5, 0.6) is 0 Å². The number of hydrogen-bond donors (Lipinski definition) is 1. The molecule has 0 aromatic carbocycles. The standard InChI is InChI=1S/C8H15F2NO/c1-6(11(2)3)7(5-12)4-8(7,9)10/h6,12H,4-5H2,1-3H3. The van der Waals surface area contributed by atoms with Crippen molar-refractivity contribution in [3.8, 4) is 0 Å². The minimum Gasteiger partial charge on any atom is -0.395 e. The SMILES string of the molecule is CC(N(C)C)C1(CO)CC1(F)F. The van der Waals surface area contributed by atoms with Crippen molar-refractivity contribution in [3.05, 3.63) is 0 Å². The summed E-state index contributed by atoms with van der Waals surface area (Å²) in [5.74, 6) is -2.68. The van der Waals surface area contributed by atoms with Gasteiger partial charge >= 0.3 is 0 Å². The molecule has 1 N–H and O–H groups in total. The molecule has 0 bridgehead atoms. The van der Waals surface area contributed by atoms with Gasteiger partial charge in [0.15, 0.2) is 0 Å². The van der Waals surface area contributed by atoms with E-state index < -0.39 is 17.9 Å². The number of nitrogens with zero attached hydrogens (tertiary/aromatic N) is 1. The second kappa shape index (κ2) is 2.64. The van der Waals surface area contributed by atoms with Crippen LogP contribution in [-0.4, -0.2) is 42.7 Å². The van der Waals surface area contributed by atoms with E-state index in [0.29, 0.717) is 0 Å². The van der Waals surface area contributed by atoms with Crippen molar-refractivity contribution in [1.82, 2.24) is 4.90 Å². The van der Waals surface area contributed by atoms with Gasteiger partial charge in [0.25, 0.3) is 5.92 Å². The molecule has 0 aliphatic heterocycles. The summed E-state index contributed by atoms with van der Waals surface area (Å²) in [6.45, 7) is 1.29. The van der Waals surface area contributed by atoms with Gasteiger partial charge in [0.1, 0.15) is 0 Å². The van der Waals surface area contributed by atoms with Crippen LogP contribution in [-0.2, 0) is 0 Å². The maximum atomic E-state index is 12.9. The van der Waals surface area contributed by atoms with E-state index in [1.165, 1.54) is 0 Å². The Labute approximate surface area is 71.2 Å². The molecule has 1 rings (SSSR count). The quantitative estimate of drug-likeness (QED) is 0.697. The fourth-order valence-corrected chi connectivity index (χ4v) is 1.60. The van der Waals surface area contributed by atoms with E-state index in [9.17, 15) is 8.78 Å². The Morgan fingerprint density at radius 2 is 1.92 bits per heavy atom. The smallest absolute Gasteiger partial charge is 0.258 e. The summed E-state index contributed by atoms with van der Waals surface area (Å²) < 4.78 is 25.8. The van der Waals surface area contributed by atoms with E-state index in [-0.39, 0.29) is 12.5 Å². The van der Waals surface area contributed by atoms with Gasteiger partial charge in [-0.25, -0.2) is 8.78 Å². The zero-order valence-electron chi connectivity index (χ0n) is 7.64. The molecule has 0 amide bonds. The summed E-state index contributed by atoms with van der Waals surface area (Å²) in [4.78, 5) is 1.72. The van der Waals surface area contributed by atoms with E-state index in [4.69, 9.17) is 5.11 Å². The molecular weight excluding hydrogens is 164 g/mol. The van der Waals surface area contributed by atoms with Gasteiger partial charge in [-0.1, -0.05) is 0 Å². The lowest BCUT2D eigenvalue weighted by molar-refractivity contribution is 0.00157. The van der Waals surface area contributed by atoms with Crippen LogP contribution in [0.3, 0.4) is 0 Å². The molecule has 2 atom stereocenters. The number of aliphatic hydroxyl groups excluding tert-OH is 1. The van der Waals surface area contributed by atoms with Gasteiger partial charge in [-0.15, -0.1) is 0 Å². The van der Waals surface area contributed by atoms with Crippen molar-refractivity contribution in [2.75, 3.05) is 20.7 Å². The zero-order chi connectivity index (χ0) is 9.57. The van der Waals surface area contributed by atoms with E-state index in [0.717, 1.165) is 0 Å². The van der Waals surface area contributed by atoms with Crippen LogP contribution in [0.15, 0.2) is 0 Å². The van der Waals surface area contributed by atoms with Crippen molar-refractivity contribution in [1.29, 1.82) is 0 Å². The average Bonchev–Trinajstić information content (AvgIpc) is 2.53. The number of aliphatic hydroxyl groups is 1. The van der Waals surface area contributed by atoms with Gasteiger partial charge in [0, 0.05) is 12.5 Å². The average molecular weight is 179 g/mol. The number of rotatable bonds is 3. The Morgan fingerprint density at radius 1 is 1.50 bits per heavy atom. The Kier molecular flexibility index (Phi) is 2.17. The van der Waals surface area contributed by atoms with Crippen molar-refractivity contribution in [2.24, 2.45) is 5.41 Å². The second-order valence-electron chi connectivity index (χ2n) is 3.84. The molecule has 0 aromatic rings. The summed E-state index contributed by atoms with van der Waals surface area (Å²) in [7, 11) is 3.49. The predicted molar refractivity (Wildman–Crippen MR) is 42.2 cm³/mol. The Bertz CT molecular complexity index is 184. The fourth-order valence-electron chi connectivity index (χ4n) is 1.60. The lowest BCUT2D eigenvalue weighted by atomic mass is 9.97. The van der Waals surface area contributed by atoms with Crippen LogP contribution in [0.1, 0.15) is 13.3 Å². The van der Waals surface area contributed by atoms with E-state index in [1.807, 2.05) is 0 Å². The van der Waals surface area contributed by atoms with E-state index in [1.54, 1.807) is 25.9 Å². The van der Waals surface area contributed by atoms with Gasteiger partial charge in [0.05, 0.1) is 12.0 Å². The van der Waals surface area contributed by atoms with Gasteiger partial charge in [-0.2, -0.15) is 0 Å². The first-order valence-corrected chi connectivity index (χ1v) is 4.02. The zero-order valence-corrected chi connectivity index (χ0v) is 7.64. The molecule has 0 spiro atoms. The number of hydrogen-bond acceptors (Lipinski definition) is 2. The van der Waals surface area contributed by atoms with Gasteiger partial charge in [-0.3, -0.25) is 0 Å². The van der Waals surface area contributed by atoms with Crippen LogP contribution in [0.2, 0.25) is 0 Å². The molecule has 2 unspecified atom stereocenters. The third kappa shape index (κ3) is 1.13. The monoisotopic (exact) mass is 179 g/mol. The molecule has 12 heavy (non-hydrogen) atoms. The van der Waals surface area contributed by atoms with E-state index >= 15 is 0 Å². The van der Waals surface area contributed by atoms with Crippen molar-refractivity contribution < 1.29 is 13.9 Å². The van der Waals surface area contributed by atoms with Crippen LogP contribution < -0.4 is 0 Å². The Balaban J connectivity index is 2.72. The highest BCUT2D eigenvalue weighted by molar-refractivity contribution is 5.14. The van der Waals surface area contributed by atoms with Crippen molar-refractivity contribution in [2.45, 2.75) is 25.3 Å². The van der Waals surface area contributed by atoms with Crippen molar-refractivity contribution >= 4 is 0 Å². The van der Waals surface area contributed by atoms with E-state index in [2.05, 4.69) is 0 Å². The van der Waals surface area contributed by atoms with Gasteiger partial charge in [0.2, 0.25) is 0 Å². The largest absolute Gasteiger partial charge is 0.395 e. The van der Waals surface area contributed by atoms with Crippen LogP contribution in [0, 0.1) is 5.41 Å². The highest BCUT2D eigenvalue weighted by Crippen LogP contribution is 2.62. The molecule has 1 fully saturated rings. The molecule has 1 aliphatic rings. The van der Waals surface area contributed by atoms with Gasteiger partial charge < -0.3 is 10.0 Å². The first-order valence-electron chi connectivity index (χ1n) is 4.02. The van der Waals surface area contributed by atoms with Crippen LogP contribution >= 0.6 is 0 Å². The van der Waals surface area contributed by atoms with Crippen molar-refractivity contribution in [3.63, 3.8) is 0 Å². The molecule has 0 radical (unpaired) electrons. The summed E-state index contributed by atoms with van der Waals surface area (Å²) in [6, 6.07) is -0.280. The molecule has 1 aliphatic carbocycles. The minimum absolute atomic E-state index is 0.185. The number of halogens is 2. The number of alkyl halides is 2. The Hall–Kier alpha value is -0.220. The highest BCUT2D eigenvalue weighted by Gasteiger charge is 2.73. The van der Waals surface area contributed by atoms with Crippen LogP contribution in [0.25, 0.3) is 0 Å². The van der Waals surface area contributed by atoms with Crippen LogP contribution in [0.4, 0.5) is 8.78 Å². The second-order valence-corrected chi connectivity index (χ2v) is 3.84. The Morgan fingerprint density at radius 3 is 2.00 bits per heavy atom. The molecule has 0 aromatic heterocycles. The maximum Gasteiger partial charge on any atom is 0.258 e. The predicted octanol–water partition coefficient (Wildman–Crippen LogP) is 0.954. The summed E-state index contributed by atoms with van der Waals surface area (Å²) in [6.07, 6.45) is -0.185. The summed E-state index contributed by atoms with van der Waals surface area (Å²) in [5, 5.41) is 8.90. The van der Waals surface area contributed by atoms with Gasteiger partial charge in [-0.05, 0) is 21.0 Å². The third-order valence-corrected chi connectivity index (χ3v) is 3.00. The third-order valence-electron chi connectivity index (χ3n) is 3.00. The molecule has 72 valence electrons. The molecule has 2 nitrogen and oxygen atoms in total. The molecule has 0 heterocycles. The topological polar surface area (TPSA) is 23.5 Å². The molecule has 1 saturated carbocycles. The molecule has 4 heteroatoms. The summed E-state index contributed by atoms with van der Waals surface area (Å²) >= 11 is 0. The lowest BCUT2D eigenvalue weighted by Gasteiger charge is -2.27.